The van der Waals surface area contributed by atoms with Gasteiger partial charge in [0.2, 0.25) is 5.91 Å². The minimum Gasteiger partial charge on any atom is -0.465 e. The number of amides is 2. The molecule has 0 bridgehead atoms. The smallest absolute Gasteiger partial charge is 0.325 e. The summed E-state index contributed by atoms with van der Waals surface area (Å²) in [5, 5.41) is 5.83. The first-order valence-corrected chi connectivity index (χ1v) is 9.63. The van der Waals surface area contributed by atoms with Gasteiger partial charge in [0, 0.05) is 25.3 Å². The molecular formula is C20H30N4O4. The number of anilines is 1. The molecule has 28 heavy (non-hydrogen) atoms. The van der Waals surface area contributed by atoms with Crippen molar-refractivity contribution < 1.29 is 19.1 Å². The third-order valence-corrected chi connectivity index (χ3v) is 4.96. The number of carbonyl (C=O) groups excluding carboxylic acids is 3. The van der Waals surface area contributed by atoms with E-state index in [4.69, 9.17) is 10.5 Å². The maximum atomic E-state index is 13.3. The van der Waals surface area contributed by atoms with Gasteiger partial charge in [0.05, 0.1) is 6.61 Å². The molecule has 8 nitrogen and oxygen atoms in total. The Bertz CT molecular complexity index is 697. The van der Waals surface area contributed by atoms with Crippen molar-refractivity contribution in [2.24, 2.45) is 0 Å². The van der Waals surface area contributed by atoms with Gasteiger partial charge in [-0.2, -0.15) is 0 Å². The second kappa shape index (κ2) is 9.54. The van der Waals surface area contributed by atoms with Gasteiger partial charge in [0.25, 0.3) is 5.91 Å². The predicted octanol–water partition coefficient (Wildman–Crippen LogP) is 1.57. The minimum absolute atomic E-state index is 0.217. The van der Waals surface area contributed by atoms with Crippen LogP contribution >= 0.6 is 0 Å². The van der Waals surface area contributed by atoms with Gasteiger partial charge >= 0.3 is 5.97 Å². The van der Waals surface area contributed by atoms with Gasteiger partial charge in [-0.25, -0.2) is 5.01 Å². The molecule has 154 valence electrons. The molecule has 0 radical (unpaired) electrons. The molecule has 2 rings (SSSR count). The molecule has 1 aliphatic rings. The lowest BCUT2D eigenvalue weighted by molar-refractivity contribution is -0.149. The highest BCUT2D eigenvalue weighted by Crippen LogP contribution is 2.35. The van der Waals surface area contributed by atoms with E-state index < -0.39 is 11.5 Å². The van der Waals surface area contributed by atoms with Crippen molar-refractivity contribution in [1.29, 1.82) is 0 Å². The second-order valence-corrected chi connectivity index (χ2v) is 7.17. The fourth-order valence-corrected chi connectivity index (χ4v) is 3.71. The van der Waals surface area contributed by atoms with Crippen LogP contribution in [0.3, 0.4) is 0 Å². The Morgan fingerprint density at radius 2 is 1.71 bits per heavy atom. The quantitative estimate of drug-likeness (QED) is 0.416. The minimum atomic E-state index is -1.05. The van der Waals surface area contributed by atoms with Gasteiger partial charge in [-0.15, -0.1) is 0 Å². The van der Waals surface area contributed by atoms with E-state index in [1.807, 2.05) is 0 Å². The zero-order valence-electron chi connectivity index (χ0n) is 16.9. The molecule has 0 unspecified atom stereocenters. The van der Waals surface area contributed by atoms with Crippen LogP contribution in [0.2, 0.25) is 0 Å². The number of ether oxygens (including phenoxy) is 1. The number of carbonyl (C=O) groups is 3. The van der Waals surface area contributed by atoms with Crippen molar-refractivity contribution in [1.82, 2.24) is 15.3 Å². The maximum absolute atomic E-state index is 13.3. The molecule has 1 fully saturated rings. The number of rotatable bonds is 7. The van der Waals surface area contributed by atoms with Crippen LogP contribution in [0.1, 0.15) is 49.4 Å². The third kappa shape index (κ3) is 4.81. The summed E-state index contributed by atoms with van der Waals surface area (Å²) >= 11 is 0. The first-order chi connectivity index (χ1) is 13.3. The van der Waals surface area contributed by atoms with Crippen molar-refractivity contribution in [2.45, 2.75) is 44.6 Å². The summed E-state index contributed by atoms with van der Waals surface area (Å²) in [6, 6.07) is 6.63. The number of nitrogens with zero attached hydrogens (tertiary/aromatic N) is 2. The molecule has 0 spiro atoms. The van der Waals surface area contributed by atoms with Gasteiger partial charge in [-0.1, -0.05) is 19.3 Å². The molecule has 1 aliphatic carbocycles. The molecule has 1 saturated carbocycles. The summed E-state index contributed by atoms with van der Waals surface area (Å²) in [4.78, 5) is 38.2. The van der Waals surface area contributed by atoms with Crippen molar-refractivity contribution in [3.05, 3.63) is 29.8 Å². The molecule has 0 saturated heterocycles. The molecular weight excluding hydrogens is 360 g/mol. The van der Waals surface area contributed by atoms with Crippen LogP contribution in [-0.2, 0) is 14.3 Å². The Morgan fingerprint density at radius 3 is 2.25 bits per heavy atom. The van der Waals surface area contributed by atoms with Gasteiger partial charge in [-0.05, 0) is 44.0 Å². The normalized spacial score (nSPS) is 15.7. The number of esters is 1. The highest BCUT2D eigenvalue weighted by atomic mass is 16.5. The fourth-order valence-electron chi connectivity index (χ4n) is 3.71. The Labute approximate surface area is 166 Å². The van der Waals surface area contributed by atoms with E-state index in [9.17, 15) is 14.4 Å². The largest absolute Gasteiger partial charge is 0.465 e. The summed E-state index contributed by atoms with van der Waals surface area (Å²) in [6.45, 7) is 1.74. The molecule has 1 aromatic rings. The van der Waals surface area contributed by atoms with Crippen molar-refractivity contribution in [3.63, 3.8) is 0 Å². The van der Waals surface area contributed by atoms with E-state index in [-0.39, 0.29) is 25.0 Å². The van der Waals surface area contributed by atoms with Crippen LogP contribution in [0, 0.1) is 0 Å². The standard InChI is InChI=1S/C20H30N4O4/c1-4-28-17(25)14-22-19(27)20(12-6-5-7-13-20)24(23(2)3)18(26)15-8-10-16(21)11-9-15/h8-11H,4-7,12-14,21H2,1-3H3,(H,22,27). The summed E-state index contributed by atoms with van der Waals surface area (Å²) in [5.74, 6) is -1.11. The average molecular weight is 390 g/mol. The zero-order valence-corrected chi connectivity index (χ0v) is 16.9. The molecule has 0 heterocycles. The Kier molecular flexibility index (Phi) is 7.39. The first-order valence-electron chi connectivity index (χ1n) is 9.63. The molecule has 0 aromatic heterocycles. The monoisotopic (exact) mass is 390 g/mol. The van der Waals surface area contributed by atoms with E-state index in [1.54, 1.807) is 50.3 Å². The Hall–Kier alpha value is -2.61. The Morgan fingerprint density at radius 1 is 1.11 bits per heavy atom. The fraction of sp³-hybridized carbons (Fsp3) is 0.550. The highest BCUT2D eigenvalue weighted by molar-refractivity contribution is 5.99. The van der Waals surface area contributed by atoms with E-state index in [2.05, 4.69) is 5.32 Å². The van der Waals surface area contributed by atoms with E-state index in [0.29, 0.717) is 24.1 Å². The summed E-state index contributed by atoms with van der Waals surface area (Å²) < 4.78 is 4.89. The van der Waals surface area contributed by atoms with E-state index >= 15 is 0 Å². The molecule has 0 aliphatic heterocycles. The van der Waals surface area contributed by atoms with Crippen molar-refractivity contribution >= 4 is 23.5 Å². The lowest BCUT2D eigenvalue weighted by Gasteiger charge is -2.47. The van der Waals surface area contributed by atoms with Crippen molar-refractivity contribution in [3.8, 4) is 0 Å². The van der Waals surface area contributed by atoms with Gasteiger partial charge in [-0.3, -0.25) is 19.4 Å². The van der Waals surface area contributed by atoms with Crippen LogP contribution in [0.5, 0.6) is 0 Å². The lowest BCUT2D eigenvalue weighted by atomic mass is 9.79. The number of benzene rings is 1. The topological polar surface area (TPSA) is 105 Å². The Balaban J connectivity index is 2.33. The number of nitrogen functional groups attached to an aromatic ring is 1. The molecule has 1 aromatic carbocycles. The first kappa shape index (κ1) is 21.7. The maximum Gasteiger partial charge on any atom is 0.325 e. The van der Waals surface area contributed by atoms with Crippen LogP contribution < -0.4 is 11.1 Å². The number of nitrogens with one attached hydrogen (secondary N) is 1. The van der Waals surface area contributed by atoms with Gasteiger partial charge < -0.3 is 15.8 Å². The number of hydrogen-bond acceptors (Lipinski definition) is 6. The van der Waals surface area contributed by atoms with Crippen molar-refractivity contribution in [2.75, 3.05) is 33.0 Å². The number of nitrogens with two attached hydrogens (primary N) is 1. The third-order valence-electron chi connectivity index (χ3n) is 4.96. The molecule has 0 atom stereocenters. The van der Waals surface area contributed by atoms with Gasteiger partial charge in [0.15, 0.2) is 0 Å². The molecule has 2 amide bonds. The predicted molar refractivity (Wildman–Crippen MR) is 106 cm³/mol. The van der Waals surface area contributed by atoms with E-state index in [1.165, 1.54) is 5.01 Å². The van der Waals surface area contributed by atoms with Crippen LogP contribution in [0.25, 0.3) is 0 Å². The van der Waals surface area contributed by atoms with Crippen LogP contribution in [0.4, 0.5) is 5.69 Å². The molecule has 3 N–H and O–H groups in total. The number of hydrogen-bond donors (Lipinski definition) is 2. The summed E-state index contributed by atoms with van der Waals surface area (Å²) in [7, 11) is 3.48. The average Bonchev–Trinajstić information content (AvgIpc) is 2.67. The highest BCUT2D eigenvalue weighted by Gasteiger charge is 2.48. The lowest BCUT2D eigenvalue weighted by Crippen LogP contribution is -2.65. The molecule has 8 heteroatoms. The van der Waals surface area contributed by atoms with Gasteiger partial charge in [0.1, 0.15) is 12.1 Å². The number of hydrazine groups is 1. The zero-order chi connectivity index (χ0) is 20.7. The van der Waals surface area contributed by atoms with Crippen LogP contribution in [-0.4, -0.2) is 60.6 Å². The summed E-state index contributed by atoms with van der Waals surface area (Å²) in [5.41, 5.74) is 5.69. The van der Waals surface area contributed by atoms with Crippen LogP contribution in [0.15, 0.2) is 24.3 Å². The van der Waals surface area contributed by atoms with E-state index in [0.717, 1.165) is 19.3 Å². The summed E-state index contributed by atoms with van der Waals surface area (Å²) in [6.07, 6.45) is 3.71. The SMILES string of the molecule is CCOC(=O)CNC(=O)C1(N(C(=O)c2ccc(N)cc2)N(C)C)CCCCC1. The second-order valence-electron chi connectivity index (χ2n) is 7.17.